The number of carbonyl (C=O) groups is 1. The smallest absolute Gasteiger partial charge is 0.269 e. The molecule has 0 radical (unpaired) electrons. The van der Waals surface area contributed by atoms with Crippen molar-refractivity contribution in [2.75, 3.05) is 5.32 Å². The maximum atomic E-state index is 12.6. The average Bonchev–Trinajstić information content (AvgIpc) is 2.84. The lowest BCUT2D eigenvalue weighted by molar-refractivity contribution is -0.384. The number of nitro groups is 1. The number of amides is 1. The van der Waals surface area contributed by atoms with E-state index in [0.29, 0.717) is 11.0 Å². The van der Waals surface area contributed by atoms with Crippen LogP contribution in [0.5, 0.6) is 0 Å². The van der Waals surface area contributed by atoms with Gasteiger partial charge in [0, 0.05) is 23.4 Å². The van der Waals surface area contributed by atoms with Crippen molar-refractivity contribution in [1.82, 2.24) is 0 Å². The zero-order valence-corrected chi connectivity index (χ0v) is 19.1. The maximum absolute atomic E-state index is 12.6. The number of hydrogen-bond acceptors (Lipinski definition) is 3. The van der Waals surface area contributed by atoms with Gasteiger partial charge in [-0.05, 0) is 96.6 Å². The summed E-state index contributed by atoms with van der Waals surface area (Å²) in [5.41, 5.74) is 4.56. The molecule has 3 aromatic carbocycles. The number of non-ortho nitro benzene ring substituents is 1. The Balaban J connectivity index is 1.23. The zero-order valence-electron chi connectivity index (χ0n) is 19.1. The van der Waals surface area contributed by atoms with Crippen molar-refractivity contribution in [2.45, 2.75) is 49.4 Å². The summed E-state index contributed by atoms with van der Waals surface area (Å²) in [4.78, 5) is 23.0. The van der Waals surface area contributed by atoms with E-state index in [1.807, 2.05) is 12.1 Å². The van der Waals surface area contributed by atoms with Gasteiger partial charge in [0.15, 0.2) is 0 Å². The summed E-state index contributed by atoms with van der Waals surface area (Å²) in [5.74, 6) is 1.33. The number of nitrogens with one attached hydrogen (secondary N) is 1. The fraction of sp³-hybridized carbons (Fsp3) is 0.345. The van der Waals surface area contributed by atoms with Crippen LogP contribution in [-0.4, -0.2) is 10.8 Å². The van der Waals surface area contributed by atoms with E-state index in [0.717, 1.165) is 17.5 Å². The highest BCUT2D eigenvalue weighted by molar-refractivity contribution is 6.04. The predicted molar refractivity (Wildman–Crippen MR) is 132 cm³/mol. The lowest BCUT2D eigenvalue weighted by Gasteiger charge is -2.62. The minimum absolute atomic E-state index is 0.0234. The monoisotopic (exact) mass is 452 g/mol. The SMILES string of the molecule is O=C(Nc1ccc(C23CC4CC(CC(c5ccccc5)(C4)C2)C3)cc1)c1ccc([N+](=O)[O-])cc1. The molecule has 2 atom stereocenters. The van der Waals surface area contributed by atoms with Crippen LogP contribution in [0.1, 0.15) is 60.0 Å². The van der Waals surface area contributed by atoms with E-state index < -0.39 is 4.92 Å². The van der Waals surface area contributed by atoms with Crippen molar-refractivity contribution in [1.29, 1.82) is 0 Å². The topological polar surface area (TPSA) is 72.2 Å². The Bertz CT molecular complexity index is 1220. The molecule has 4 bridgehead atoms. The second-order valence-electron chi connectivity index (χ2n) is 10.7. The van der Waals surface area contributed by atoms with Crippen molar-refractivity contribution < 1.29 is 9.72 Å². The second kappa shape index (κ2) is 7.79. The summed E-state index contributed by atoms with van der Waals surface area (Å²) in [6.45, 7) is 0. The number of nitrogens with zero attached hydrogens (tertiary/aromatic N) is 1. The summed E-state index contributed by atoms with van der Waals surface area (Å²) in [6, 6.07) is 25.3. The Morgan fingerprint density at radius 3 is 1.91 bits per heavy atom. The lowest BCUT2D eigenvalue weighted by atomic mass is 9.42. The van der Waals surface area contributed by atoms with Crippen LogP contribution in [0.15, 0.2) is 78.9 Å². The van der Waals surface area contributed by atoms with Crippen LogP contribution in [0.4, 0.5) is 11.4 Å². The third-order valence-corrected chi connectivity index (χ3v) is 8.54. The molecule has 34 heavy (non-hydrogen) atoms. The van der Waals surface area contributed by atoms with Gasteiger partial charge >= 0.3 is 0 Å². The molecule has 4 aliphatic carbocycles. The molecule has 1 amide bonds. The van der Waals surface area contributed by atoms with E-state index in [2.05, 4.69) is 47.8 Å². The molecule has 172 valence electrons. The summed E-state index contributed by atoms with van der Waals surface area (Å²) < 4.78 is 0. The minimum atomic E-state index is -0.465. The molecule has 3 aromatic rings. The molecule has 1 N–H and O–H groups in total. The van der Waals surface area contributed by atoms with E-state index in [1.54, 1.807) is 0 Å². The molecule has 0 spiro atoms. The van der Waals surface area contributed by atoms with E-state index in [-0.39, 0.29) is 17.0 Å². The van der Waals surface area contributed by atoms with Gasteiger partial charge in [0.1, 0.15) is 0 Å². The number of rotatable bonds is 5. The Morgan fingerprint density at radius 2 is 1.35 bits per heavy atom. The highest BCUT2D eigenvalue weighted by atomic mass is 16.6. The Morgan fingerprint density at radius 1 is 0.794 bits per heavy atom. The van der Waals surface area contributed by atoms with Crippen LogP contribution in [0, 0.1) is 22.0 Å². The summed E-state index contributed by atoms with van der Waals surface area (Å²) in [7, 11) is 0. The molecule has 4 saturated carbocycles. The fourth-order valence-corrected chi connectivity index (χ4v) is 7.57. The van der Waals surface area contributed by atoms with E-state index in [9.17, 15) is 14.9 Å². The van der Waals surface area contributed by atoms with Gasteiger partial charge in [-0.15, -0.1) is 0 Å². The predicted octanol–water partition coefficient (Wildman–Crippen LogP) is 6.64. The molecule has 0 aromatic heterocycles. The number of hydrogen-bond donors (Lipinski definition) is 1. The van der Waals surface area contributed by atoms with Crippen LogP contribution in [0.3, 0.4) is 0 Å². The van der Waals surface area contributed by atoms with Crippen LogP contribution < -0.4 is 5.32 Å². The van der Waals surface area contributed by atoms with Crippen LogP contribution in [0.2, 0.25) is 0 Å². The van der Waals surface area contributed by atoms with Crippen LogP contribution in [0.25, 0.3) is 0 Å². The molecular weight excluding hydrogens is 424 g/mol. The van der Waals surface area contributed by atoms with Crippen LogP contribution in [-0.2, 0) is 10.8 Å². The molecular formula is C29H28N2O3. The van der Waals surface area contributed by atoms with Crippen molar-refractivity contribution in [3.05, 3.63) is 106 Å². The van der Waals surface area contributed by atoms with Gasteiger partial charge in [-0.1, -0.05) is 42.5 Å². The van der Waals surface area contributed by atoms with Crippen molar-refractivity contribution in [3.63, 3.8) is 0 Å². The Kier molecular flexibility index (Phi) is 4.83. The summed E-state index contributed by atoms with van der Waals surface area (Å²) in [6.07, 6.45) is 7.77. The molecule has 0 saturated heterocycles. The van der Waals surface area contributed by atoms with Crippen molar-refractivity contribution in [3.8, 4) is 0 Å². The third-order valence-electron chi connectivity index (χ3n) is 8.54. The van der Waals surface area contributed by atoms with Crippen molar-refractivity contribution >= 4 is 17.3 Å². The first-order valence-corrected chi connectivity index (χ1v) is 12.2. The molecule has 7 rings (SSSR count). The molecule has 4 fully saturated rings. The average molecular weight is 453 g/mol. The van der Waals surface area contributed by atoms with E-state index in [4.69, 9.17) is 0 Å². The largest absolute Gasteiger partial charge is 0.322 e. The zero-order chi connectivity index (χ0) is 23.3. The number of benzene rings is 3. The van der Waals surface area contributed by atoms with Gasteiger partial charge in [-0.3, -0.25) is 14.9 Å². The van der Waals surface area contributed by atoms with Gasteiger partial charge in [-0.25, -0.2) is 0 Å². The van der Waals surface area contributed by atoms with Crippen LogP contribution >= 0.6 is 0 Å². The first kappa shape index (κ1) is 21.1. The highest BCUT2D eigenvalue weighted by Crippen LogP contribution is 2.66. The van der Waals surface area contributed by atoms with Gasteiger partial charge in [-0.2, -0.15) is 0 Å². The normalized spacial score (nSPS) is 29.1. The van der Waals surface area contributed by atoms with E-state index >= 15 is 0 Å². The molecule has 5 heteroatoms. The van der Waals surface area contributed by atoms with Gasteiger partial charge in [0.2, 0.25) is 0 Å². The van der Waals surface area contributed by atoms with Gasteiger partial charge < -0.3 is 5.32 Å². The first-order chi connectivity index (χ1) is 16.4. The molecule has 2 unspecified atom stereocenters. The second-order valence-corrected chi connectivity index (χ2v) is 10.7. The first-order valence-electron chi connectivity index (χ1n) is 12.2. The fourth-order valence-electron chi connectivity index (χ4n) is 7.57. The number of anilines is 1. The molecule has 5 nitrogen and oxygen atoms in total. The van der Waals surface area contributed by atoms with Gasteiger partial charge in [0.25, 0.3) is 11.6 Å². The Hall–Kier alpha value is -3.47. The maximum Gasteiger partial charge on any atom is 0.269 e. The van der Waals surface area contributed by atoms with Gasteiger partial charge in [0.05, 0.1) is 4.92 Å². The standard InChI is InChI=1S/C29H28N2O3/c32-27(22-6-12-26(13-7-22)31(33)34)30-25-10-8-24(9-11-25)29-17-20-14-21(18-29)16-28(15-20,19-29)23-4-2-1-3-5-23/h1-13,20-21H,14-19H2,(H,30,32). The molecule has 0 heterocycles. The highest BCUT2D eigenvalue weighted by Gasteiger charge is 2.58. The quantitative estimate of drug-likeness (QED) is 0.348. The minimum Gasteiger partial charge on any atom is -0.322 e. The number of nitro benzene ring substituents is 1. The molecule has 0 aliphatic heterocycles. The molecule has 4 aliphatic rings. The van der Waals surface area contributed by atoms with Crippen molar-refractivity contribution in [2.24, 2.45) is 11.8 Å². The Labute approximate surface area is 199 Å². The summed E-state index contributed by atoms with van der Waals surface area (Å²) in [5, 5.41) is 13.8. The third kappa shape index (κ3) is 3.51. The lowest BCUT2D eigenvalue weighted by Crippen LogP contribution is -2.55. The van der Waals surface area contributed by atoms with E-state index in [1.165, 1.54) is 73.9 Å². The number of carbonyl (C=O) groups excluding carboxylic acids is 1. The summed E-state index contributed by atoms with van der Waals surface area (Å²) >= 11 is 0.